The van der Waals surface area contributed by atoms with Gasteiger partial charge >= 0.3 is 0 Å². The Labute approximate surface area is 197 Å². The van der Waals surface area contributed by atoms with Gasteiger partial charge in [0.25, 0.3) is 0 Å². The lowest BCUT2D eigenvalue weighted by molar-refractivity contribution is 0.312. The lowest BCUT2D eigenvalue weighted by Gasteiger charge is -2.33. The fraction of sp³-hybridized carbons (Fsp3) is 0.231. The molecule has 1 saturated heterocycles. The van der Waals surface area contributed by atoms with Crippen LogP contribution >= 0.6 is 0 Å². The van der Waals surface area contributed by atoms with E-state index in [1.165, 1.54) is 0 Å². The molecule has 0 aliphatic carbocycles. The highest BCUT2D eigenvalue weighted by Gasteiger charge is 2.15. The van der Waals surface area contributed by atoms with Crippen molar-refractivity contribution in [2.24, 2.45) is 0 Å². The van der Waals surface area contributed by atoms with Gasteiger partial charge in [-0.2, -0.15) is 4.98 Å². The number of rotatable bonds is 5. The van der Waals surface area contributed by atoms with Crippen molar-refractivity contribution >= 4 is 33.7 Å². The van der Waals surface area contributed by atoms with Crippen LogP contribution in [0.4, 0.5) is 11.8 Å². The maximum Gasteiger partial charge on any atom is 0.224 e. The van der Waals surface area contributed by atoms with Gasteiger partial charge in [-0.05, 0) is 42.4 Å². The van der Waals surface area contributed by atoms with Crippen LogP contribution in [0.5, 0.6) is 0 Å². The van der Waals surface area contributed by atoms with Crippen molar-refractivity contribution in [2.45, 2.75) is 6.54 Å². The normalized spacial score (nSPS) is 14.7. The minimum atomic E-state index is 0.590. The van der Waals surface area contributed by atoms with Crippen molar-refractivity contribution in [1.29, 1.82) is 0 Å². The van der Waals surface area contributed by atoms with Crippen molar-refractivity contribution in [3.05, 3.63) is 72.8 Å². The molecule has 5 heterocycles. The largest absolute Gasteiger partial charge is 0.354 e. The molecule has 1 aliphatic rings. The van der Waals surface area contributed by atoms with Crippen LogP contribution in [-0.4, -0.2) is 63.0 Å². The Hall–Kier alpha value is -4.04. The van der Waals surface area contributed by atoms with E-state index in [2.05, 4.69) is 77.4 Å². The molecule has 0 radical (unpaired) electrons. The molecule has 1 aliphatic heterocycles. The van der Waals surface area contributed by atoms with Crippen molar-refractivity contribution in [3.63, 3.8) is 0 Å². The van der Waals surface area contributed by atoms with E-state index in [0.29, 0.717) is 12.5 Å². The number of fused-ring (bicyclic) bond motifs is 2. The molecule has 0 bridgehead atoms. The lowest BCUT2D eigenvalue weighted by Crippen LogP contribution is -2.44. The standard InChI is InChI=1S/C26H26N8/c1-33-9-11-34(12-10-33)24-7-4-18(14-28-24)15-30-26-31-17-22-21(16-29-25(22)32-26)19-5-6-23-20(13-19)3-2-8-27-23/h2-8,13-14,16-17H,9-12,15H2,1H3,(H2,29,30,31,32). The Bertz CT molecular complexity index is 1430. The third kappa shape index (κ3) is 4.04. The van der Waals surface area contributed by atoms with E-state index < -0.39 is 0 Å². The van der Waals surface area contributed by atoms with Crippen molar-refractivity contribution in [2.75, 3.05) is 43.4 Å². The van der Waals surface area contributed by atoms with E-state index in [-0.39, 0.29) is 0 Å². The van der Waals surface area contributed by atoms with Crippen LogP contribution in [0.3, 0.4) is 0 Å². The highest BCUT2D eigenvalue weighted by atomic mass is 15.3. The Morgan fingerprint density at radius 2 is 1.88 bits per heavy atom. The van der Waals surface area contributed by atoms with Gasteiger partial charge in [0.1, 0.15) is 11.5 Å². The van der Waals surface area contributed by atoms with Crippen LogP contribution < -0.4 is 10.2 Å². The monoisotopic (exact) mass is 450 g/mol. The Kier molecular flexibility index (Phi) is 5.27. The second kappa shape index (κ2) is 8.72. The highest BCUT2D eigenvalue weighted by molar-refractivity contribution is 5.96. The van der Waals surface area contributed by atoms with E-state index in [4.69, 9.17) is 0 Å². The number of likely N-dealkylation sites (N-methyl/N-ethyl adjacent to an activating group) is 1. The highest BCUT2D eigenvalue weighted by Crippen LogP contribution is 2.29. The number of nitrogens with one attached hydrogen (secondary N) is 2. The number of piperazine rings is 1. The van der Waals surface area contributed by atoms with E-state index in [1.54, 1.807) is 0 Å². The number of anilines is 2. The summed E-state index contributed by atoms with van der Waals surface area (Å²) in [6, 6.07) is 14.5. The maximum absolute atomic E-state index is 4.67. The van der Waals surface area contributed by atoms with Gasteiger partial charge in [-0.25, -0.2) is 9.97 Å². The Balaban J connectivity index is 1.15. The summed E-state index contributed by atoms with van der Waals surface area (Å²) in [5, 5.41) is 5.42. The molecule has 2 N–H and O–H groups in total. The van der Waals surface area contributed by atoms with Gasteiger partial charge in [0, 0.05) is 73.8 Å². The summed E-state index contributed by atoms with van der Waals surface area (Å²) in [5.41, 5.74) is 5.08. The van der Waals surface area contributed by atoms with Crippen molar-refractivity contribution in [1.82, 2.24) is 29.8 Å². The first-order chi connectivity index (χ1) is 16.7. The smallest absolute Gasteiger partial charge is 0.224 e. The third-order valence-electron chi connectivity index (χ3n) is 6.43. The second-order valence-corrected chi connectivity index (χ2v) is 8.74. The van der Waals surface area contributed by atoms with Crippen LogP contribution in [0.2, 0.25) is 0 Å². The van der Waals surface area contributed by atoms with E-state index >= 15 is 0 Å². The molecule has 0 spiro atoms. The predicted molar refractivity (Wildman–Crippen MR) is 136 cm³/mol. The van der Waals surface area contributed by atoms with Crippen LogP contribution in [0.1, 0.15) is 5.56 Å². The van der Waals surface area contributed by atoms with Gasteiger partial charge in [0.05, 0.1) is 5.52 Å². The number of aromatic amines is 1. The third-order valence-corrected chi connectivity index (χ3v) is 6.43. The van der Waals surface area contributed by atoms with Crippen LogP contribution in [0.15, 0.2) is 67.3 Å². The molecule has 8 heteroatoms. The van der Waals surface area contributed by atoms with Gasteiger partial charge in [-0.15, -0.1) is 0 Å². The van der Waals surface area contributed by atoms with E-state index in [9.17, 15) is 0 Å². The summed E-state index contributed by atoms with van der Waals surface area (Å²) < 4.78 is 0. The molecule has 0 atom stereocenters. The molecule has 6 rings (SSSR count). The minimum absolute atomic E-state index is 0.590. The summed E-state index contributed by atoms with van der Waals surface area (Å²) in [6.07, 6.45) is 7.61. The molecule has 170 valence electrons. The molecule has 1 fully saturated rings. The SMILES string of the molecule is CN1CCN(c2ccc(CNc3ncc4c(-c5ccc6ncccc6c5)c[nH]c4n3)cn2)CC1. The Morgan fingerprint density at radius 3 is 2.74 bits per heavy atom. The topological polar surface area (TPSA) is 85.9 Å². The average Bonchev–Trinajstić information content (AvgIpc) is 3.31. The number of hydrogen-bond donors (Lipinski definition) is 2. The van der Waals surface area contributed by atoms with Gasteiger partial charge in [-0.1, -0.05) is 18.2 Å². The maximum atomic E-state index is 4.67. The first-order valence-electron chi connectivity index (χ1n) is 11.5. The van der Waals surface area contributed by atoms with Gasteiger partial charge in [-0.3, -0.25) is 4.98 Å². The quantitative estimate of drug-likeness (QED) is 0.420. The predicted octanol–water partition coefficient (Wildman–Crippen LogP) is 3.93. The molecular formula is C26H26N8. The fourth-order valence-corrected chi connectivity index (χ4v) is 4.40. The molecule has 1 aromatic carbocycles. The van der Waals surface area contributed by atoms with Crippen molar-refractivity contribution < 1.29 is 0 Å². The molecule has 4 aromatic heterocycles. The molecular weight excluding hydrogens is 424 g/mol. The summed E-state index contributed by atoms with van der Waals surface area (Å²) in [4.78, 5) is 26.3. The van der Waals surface area contributed by atoms with Crippen molar-refractivity contribution in [3.8, 4) is 11.1 Å². The van der Waals surface area contributed by atoms with Gasteiger partial charge < -0.3 is 20.1 Å². The average molecular weight is 451 g/mol. The zero-order valence-electron chi connectivity index (χ0n) is 19.1. The van der Waals surface area contributed by atoms with Gasteiger partial charge in [0.15, 0.2) is 0 Å². The van der Waals surface area contributed by atoms with Crippen LogP contribution in [0.25, 0.3) is 33.1 Å². The first-order valence-corrected chi connectivity index (χ1v) is 11.5. The van der Waals surface area contributed by atoms with E-state index in [1.807, 2.05) is 36.9 Å². The summed E-state index contributed by atoms with van der Waals surface area (Å²) in [6.45, 7) is 4.80. The number of pyridine rings is 2. The van der Waals surface area contributed by atoms with E-state index in [0.717, 1.165) is 70.6 Å². The summed E-state index contributed by atoms with van der Waals surface area (Å²) >= 11 is 0. The zero-order chi connectivity index (χ0) is 22.9. The fourth-order valence-electron chi connectivity index (χ4n) is 4.40. The van der Waals surface area contributed by atoms with Crippen LogP contribution in [-0.2, 0) is 6.54 Å². The Morgan fingerprint density at radius 1 is 0.971 bits per heavy atom. The molecule has 34 heavy (non-hydrogen) atoms. The molecule has 0 saturated carbocycles. The number of benzene rings is 1. The number of aromatic nitrogens is 5. The lowest BCUT2D eigenvalue weighted by atomic mass is 10.0. The summed E-state index contributed by atoms with van der Waals surface area (Å²) in [5.74, 6) is 1.63. The first kappa shape index (κ1) is 20.6. The van der Waals surface area contributed by atoms with Gasteiger partial charge in [0.2, 0.25) is 5.95 Å². The number of hydrogen-bond acceptors (Lipinski definition) is 7. The number of nitrogens with zero attached hydrogens (tertiary/aromatic N) is 6. The zero-order valence-corrected chi connectivity index (χ0v) is 19.1. The summed E-state index contributed by atoms with van der Waals surface area (Å²) in [7, 11) is 2.16. The number of H-pyrrole nitrogens is 1. The minimum Gasteiger partial charge on any atom is -0.354 e. The molecule has 0 unspecified atom stereocenters. The molecule has 0 amide bonds. The molecule has 5 aromatic rings. The molecule has 8 nitrogen and oxygen atoms in total. The van der Waals surface area contributed by atoms with Crippen LogP contribution in [0, 0.1) is 0 Å². The second-order valence-electron chi connectivity index (χ2n) is 8.74.